The highest BCUT2D eigenvalue weighted by Crippen LogP contribution is 2.36. The molecule has 0 spiro atoms. The standard InChI is InChI=1S/C13H17BrF3N/c1-2-3-4-5-12(18)9-6-7-11(14)10(8-9)13(15,16)17/h6-8,12H,2-5,18H2,1H3. The molecule has 0 aromatic heterocycles. The molecule has 2 N–H and O–H groups in total. The molecule has 0 heterocycles. The minimum absolute atomic E-state index is 0.0551. The van der Waals surface area contributed by atoms with Crippen LogP contribution < -0.4 is 5.73 Å². The molecule has 0 bridgehead atoms. The molecule has 1 unspecified atom stereocenters. The lowest BCUT2D eigenvalue weighted by Crippen LogP contribution is -2.13. The second-order valence-electron chi connectivity index (χ2n) is 4.34. The number of nitrogens with two attached hydrogens (primary N) is 1. The van der Waals surface area contributed by atoms with Crippen molar-refractivity contribution < 1.29 is 13.2 Å². The van der Waals surface area contributed by atoms with Crippen molar-refractivity contribution in [1.29, 1.82) is 0 Å². The van der Waals surface area contributed by atoms with Crippen LogP contribution in [-0.4, -0.2) is 0 Å². The van der Waals surface area contributed by atoms with Crippen LogP contribution in [-0.2, 0) is 6.18 Å². The number of benzene rings is 1. The number of hydrogen-bond donors (Lipinski definition) is 1. The summed E-state index contributed by atoms with van der Waals surface area (Å²) >= 11 is 2.92. The summed E-state index contributed by atoms with van der Waals surface area (Å²) in [6.45, 7) is 2.08. The molecule has 0 saturated heterocycles. The Morgan fingerprint density at radius 2 is 1.94 bits per heavy atom. The molecule has 0 amide bonds. The van der Waals surface area contributed by atoms with Gasteiger partial charge in [-0.3, -0.25) is 0 Å². The first-order valence-electron chi connectivity index (χ1n) is 5.98. The highest BCUT2D eigenvalue weighted by molar-refractivity contribution is 9.10. The van der Waals surface area contributed by atoms with Crippen molar-refractivity contribution >= 4 is 15.9 Å². The highest BCUT2D eigenvalue weighted by Gasteiger charge is 2.33. The van der Waals surface area contributed by atoms with Crippen molar-refractivity contribution in [2.75, 3.05) is 0 Å². The Morgan fingerprint density at radius 3 is 2.50 bits per heavy atom. The van der Waals surface area contributed by atoms with Crippen molar-refractivity contribution in [3.8, 4) is 0 Å². The number of alkyl halides is 3. The molecule has 0 fully saturated rings. The van der Waals surface area contributed by atoms with E-state index in [9.17, 15) is 13.2 Å². The van der Waals surface area contributed by atoms with Crippen molar-refractivity contribution in [2.24, 2.45) is 5.73 Å². The first kappa shape index (κ1) is 15.5. The molecule has 0 radical (unpaired) electrons. The molecule has 0 saturated carbocycles. The van der Waals surface area contributed by atoms with Crippen LogP contribution in [0, 0.1) is 0 Å². The smallest absolute Gasteiger partial charge is 0.324 e. The van der Waals surface area contributed by atoms with E-state index in [2.05, 4.69) is 22.9 Å². The second kappa shape index (κ2) is 6.57. The molecule has 1 aromatic carbocycles. The summed E-state index contributed by atoms with van der Waals surface area (Å²) in [7, 11) is 0. The van der Waals surface area contributed by atoms with Crippen LogP contribution in [0.1, 0.15) is 49.8 Å². The van der Waals surface area contributed by atoms with E-state index in [0.29, 0.717) is 12.0 Å². The van der Waals surface area contributed by atoms with E-state index in [1.807, 2.05) is 0 Å². The summed E-state index contributed by atoms with van der Waals surface area (Å²) in [5, 5.41) is 0. The van der Waals surface area contributed by atoms with Crippen LogP contribution in [0.25, 0.3) is 0 Å². The zero-order chi connectivity index (χ0) is 13.8. The first-order chi connectivity index (χ1) is 8.36. The van der Waals surface area contributed by atoms with E-state index in [1.165, 1.54) is 6.07 Å². The molecular weight excluding hydrogens is 307 g/mol. The SMILES string of the molecule is CCCCCC(N)c1ccc(Br)c(C(F)(F)F)c1. The fourth-order valence-electron chi connectivity index (χ4n) is 1.77. The molecule has 1 atom stereocenters. The van der Waals surface area contributed by atoms with Crippen molar-refractivity contribution in [1.82, 2.24) is 0 Å². The average molecular weight is 324 g/mol. The van der Waals surface area contributed by atoms with Crippen LogP contribution in [0.4, 0.5) is 13.2 Å². The van der Waals surface area contributed by atoms with Gasteiger partial charge in [-0.1, -0.05) is 48.2 Å². The van der Waals surface area contributed by atoms with E-state index in [1.54, 1.807) is 6.07 Å². The maximum atomic E-state index is 12.7. The monoisotopic (exact) mass is 323 g/mol. The lowest BCUT2D eigenvalue weighted by molar-refractivity contribution is -0.138. The Balaban J connectivity index is 2.84. The maximum absolute atomic E-state index is 12.7. The minimum atomic E-state index is -4.35. The quantitative estimate of drug-likeness (QED) is 0.754. The number of halogens is 4. The van der Waals surface area contributed by atoms with Gasteiger partial charge >= 0.3 is 6.18 Å². The lowest BCUT2D eigenvalue weighted by Gasteiger charge is -2.15. The summed E-state index contributed by atoms with van der Waals surface area (Å²) < 4.78 is 38.2. The molecule has 102 valence electrons. The first-order valence-corrected chi connectivity index (χ1v) is 6.77. The third-order valence-electron chi connectivity index (χ3n) is 2.84. The molecule has 1 rings (SSSR count). The normalized spacial score (nSPS) is 13.7. The van der Waals surface area contributed by atoms with Crippen LogP contribution in [0.2, 0.25) is 0 Å². The maximum Gasteiger partial charge on any atom is 0.417 e. The average Bonchev–Trinajstić information content (AvgIpc) is 2.28. The molecule has 1 aromatic rings. The molecule has 0 aliphatic carbocycles. The van der Waals surface area contributed by atoms with Gasteiger partial charge in [-0.25, -0.2) is 0 Å². The van der Waals surface area contributed by atoms with Gasteiger partial charge in [0.2, 0.25) is 0 Å². The fraction of sp³-hybridized carbons (Fsp3) is 0.538. The summed E-state index contributed by atoms with van der Waals surface area (Å²) in [4.78, 5) is 0. The van der Waals surface area contributed by atoms with Gasteiger partial charge in [-0.15, -0.1) is 0 Å². The Morgan fingerprint density at radius 1 is 1.28 bits per heavy atom. The van der Waals surface area contributed by atoms with E-state index in [0.717, 1.165) is 25.3 Å². The topological polar surface area (TPSA) is 26.0 Å². The zero-order valence-electron chi connectivity index (χ0n) is 10.2. The third kappa shape index (κ3) is 4.28. The Hall–Kier alpha value is -0.550. The molecule has 1 nitrogen and oxygen atoms in total. The lowest BCUT2D eigenvalue weighted by atomic mass is 9.99. The van der Waals surface area contributed by atoms with Crippen LogP contribution in [0.15, 0.2) is 22.7 Å². The van der Waals surface area contributed by atoms with Crippen molar-refractivity contribution in [3.63, 3.8) is 0 Å². The van der Waals surface area contributed by atoms with Crippen molar-refractivity contribution in [3.05, 3.63) is 33.8 Å². The number of unbranched alkanes of at least 4 members (excludes halogenated alkanes) is 2. The van der Waals surface area contributed by atoms with Crippen LogP contribution >= 0.6 is 15.9 Å². The van der Waals surface area contributed by atoms with E-state index >= 15 is 0 Å². The number of hydrogen-bond acceptors (Lipinski definition) is 1. The van der Waals surface area contributed by atoms with E-state index in [4.69, 9.17) is 5.73 Å². The molecule has 5 heteroatoms. The molecule has 0 aliphatic rings. The Labute approximate surface area is 114 Å². The minimum Gasteiger partial charge on any atom is -0.324 e. The van der Waals surface area contributed by atoms with Crippen LogP contribution in [0.5, 0.6) is 0 Å². The summed E-state index contributed by atoms with van der Waals surface area (Å²) in [6, 6.07) is 3.87. The Bertz CT molecular complexity index is 390. The molecule has 0 aliphatic heterocycles. The van der Waals surface area contributed by atoms with Gasteiger partial charge in [0.25, 0.3) is 0 Å². The summed E-state index contributed by atoms with van der Waals surface area (Å²) in [5.41, 5.74) is 5.80. The molecular formula is C13H17BrF3N. The third-order valence-corrected chi connectivity index (χ3v) is 3.53. The van der Waals surface area contributed by atoms with Gasteiger partial charge in [0, 0.05) is 10.5 Å². The van der Waals surface area contributed by atoms with Gasteiger partial charge in [-0.2, -0.15) is 13.2 Å². The summed E-state index contributed by atoms with van der Waals surface area (Å²) in [5.74, 6) is 0. The zero-order valence-corrected chi connectivity index (χ0v) is 11.8. The Kier molecular flexibility index (Phi) is 5.66. The highest BCUT2D eigenvalue weighted by atomic mass is 79.9. The number of rotatable bonds is 5. The van der Waals surface area contributed by atoms with Gasteiger partial charge in [-0.05, 0) is 24.1 Å². The largest absolute Gasteiger partial charge is 0.417 e. The van der Waals surface area contributed by atoms with E-state index < -0.39 is 11.7 Å². The van der Waals surface area contributed by atoms with Crippen molar-refractivity contribution in [2.45, 2.75) is 44.8 Å². The predicted molar refractivity (Wildman–Crippen MR) is 70.2 cm³/mol. The van der Waals surface area contributed by atoms with E-state index in [-0.39, 0.29) is 10.5 Å². The second-order valence-corrected chi connectivity index (χ2v) is 5.19. The van der Waals surface area contributed by atoms with Gasteiger partial charge < -0.3 is 5.73 Å². The molecule has 18 heavy (non-hydrogen) atoms. The van der Waals surface area contributed by atoms with Gasteiger partial charge in [0.05, 0.1) is 5.56 Å². The van der Waals surface area contributed by atoms with Crippen LogP contribution in [0.3, 0.4) is 0 Å². The van der Waals surface area contributed by atoms with Gasteiger partial charge in [0.15, 0.2) is 0 Å². The fourth-order valence-corrected chi connectivity index (χ4v) is 2.24. The predicted octanol–water partition coefficient (Wildman–Crippen LogP) is 5.05. The summed E-state index contributed by atoms with van der Waals surface area (Å²) in [6.07, 6.45) is -0.572. The van der Waals surface area contributed by atoms with Gasteiger partial charge in [0.1, 0.15) is 0 Å².